The Morgan fingerprint density at radius 1 is 1.27 bits per heavy atom. The second kappa shape index (κ2) is 8.18. The summed E-state index contributed by atoms with van der Waals surface area (Å²) in [6, 6.07) is 11.5. The molecule has 0 saturated carbocycles. The van der Waals surface area contributed by atoms with Crippen LogP contribution in [0.5, 0.6) is 0 Å². The smallest absolute Gasteiger partial charge is 0.411 e. The summed E-state index contributed by atoms with van der Waals surface area (Å²) in [5.74, 6) is -0.344. The van der Waals surface area contributed by atoms with Gasteiger partial charge in [0.05, 0.1) is 0 Å². The topological polar surface area (TPSA) is 70.4 Å². The number of nitrogens with zero attached hydrogens (tertiary/aromatic N) is 2. The number of nitriles is 1. The standard InChI is InChI=1S/C17H22N2O3/c1-4-8-15(20)17(13-18,22-16(21)19(2)3)12-11-14-9-6-5-7-10-14/h5-7,9-10H,4,8,11-12H2,1-3H3/t17-/m1/s1. The fourth-order valence-corrected chi connectivity index (χ4v) is 2.02. The Bertz CT molecular complexity index is 549. The Balaban J connectivity index is 2.96. The summed E-state index contributed by atoms with van der Waals surface area (Å²) in [5.41, 5.74) is -0.722. The number of hydrogen-bond acceptors (Lipinski definition) is 4. The summed E-state index contributed by atoms with van der Waals surface area (Å²) >= 11 is 0. The lowest BCUT2D eigenvalue weighted by Gasteiger charge is -2.27. The summed E-state index contributed by atoms with van der Waals surface area (Å²) in [4.78, 5) is 25.4. The molecule has 118 valence electrons. The van der Waals surface area contributed by atoms with E-state index in [0.717, 1.165) is 5.56 Å². The van der Waals surface area contributed by atoms with Gasteiger partial charge in [0.25, 0.3) is 5.60 Å². The fourth-order valence-electron chi connectivity index (χ4n) is 2.02. The molecule has 0 radical (unpaired) electrons. The lowest BCUT2D eigenvalue weighted by atomic mass is 9.89. The van der Waals surface area contributed by atoms with Crippen molar-refractivity contribution in [2.75, 3.05) is 14.1 Å². The minimum absolute atomic E-state index is 0.159. The number of ketones is 1. The first-order chi connectivity index (χ1) is 10.4. The minimum atomic E-state index is -1.72. The third-order valence-corrected chi connectivity index (χ3v) is 3.34. The number of carbonyl (C=O) groups is 2. The van der Waals surface area contributed by atoms with Crippen molar-refractivity contribution in [1.29, 1.82) is 5.26 Å². The third-order valence-electron chi connectivity index (χ3n) is 3.34. The number of benzene rings is 1. The summed E-state index contributed by atoms with van der Waals surface area (Å²) in [6.07, 6.45) is 0.784. The number of aryl methyl sites for hydroxylation is 1. The zero-order valence-electron chi connectivity index (χ0n) is 13.3. The van der Waals surface area contributed by atoms with E-state index < -0.39 is 11.7 Å². The summed E-state index contributed by atoms with van der Waals surface area (Å²) in [5, 5.41) is 9.52. The molecule has 0 spiro atoms. The Labute approximate surface area is 131 Å². The van der Waals surface area contributed by atoms with Gasteiger partial charge < -0.3 is 9.64 Å². The molecule has 0 saturated heterocycles. The highest BCUT2D eigenvalue weighted by Gasteiger charge is 2.42. The van der Waals surface area contributed by atoms with Gasteiger partial charge in [-0.25, -0.2) is 4.79 Å². The Kier molecular flexibility index (Phi) is 6.58. The van der Waals surface area contributed by atoms with E-state index >= 15 is 0 Å². The normalized spacial score (nSPS) is 12.8. The molecular weight excluding hydrogens is 280 g/mol. The number of Topliss-reactive ketones (excluding diaryl/α,β-unsaturated/α-hetero) is 1. The predicted octanol–water partition coefficient (Wildman–Crippen LogP) is 2.95. The van der Waals surface area contributed by atoms with E-state index in [0.29, 0.717) is 12.8 Å². The maximum atomic E-state index is 12.4. The molecule has 0 aliphatic heterocycles. The molecule has 1 rings (SSSR count). The third kappa shape index (κ3) is 4.59. The molecular formula is C17H22N2O3. The largest absolute Gasteiger partial charge is 0.420 e. The van der Waals surface area contributed by atoms with Crippen molar-refractivity contribution in [2.24, 2.45) is 0 Å². The van der Waals surface area contributed by atoms with Crippen LogP contribution in [0, 0.1) is 11.3 Å². The molecule has 0 heterocycles. The fraction of sp³-hybridized carbons (Fsp3) is 0.471. The van der Waals surface area contributed by atoms with Crippen molar-refractivity contribution in [1.82, 2.24) is 4.90 Å². The molecule has 1 amide bonds. The van der Waals surface area contributed by atoms with Crippen LogP contribution in [-0.2, 0) is 16.0 Å². The highest BCUT2D eigenvalue weighted by molar-refractivity contribution is 5.92. The monoisotopic (exact) mass is 302 g/mol. The van der Waals surface area contributed by atoms with Crippen molar-refractivity contribution in [2.45, 2.75) is 38.2 Å². The maximum absolute atomic E-state index is 12.4. The SMILES string of the molecule is CCCC(=O)[C@](C#N)(CCc1ccccc1)OC(=O)N(C)C. The van der Waals surface area contributed by atoms with Gasteiger partial charge in [0.15, 0.2) is 5.78 Å². The van der Waals surface area contributed by atoms with E-state index in [1.54, 1.807) is 0 Å². The van der Waals surface area contributed by atoms with Crippen LogP contribution in [0.2, 0.25) is 0 Å². The lowest BCUT2D eigenvalue weighted by Crippen LogP contribution is -2.45. The second-order valence-electron chi connectivity index (χ2n) is 5.36. The molecule has 5 nitrogen and oxygen atoms in total. The van der Waals surface area contributed by atoms with E-state index in [1.807, 2.05) is 43.3 Å². The number of hydrogen-bond donors (Lipinski definition) is 0. The van der Waals surface area contributed by atoms with Crippen LogP contribution in [0.25, 0.3) is 0 Å². The van der Waals surface area contributed by atoms with Crippen LogP contribution in [0.3, 0.4) is 0 Å². The zero-order chi connectivity index (χ0) is 16.6. The Morgan fingerprint density at radius 3 is 2.41 bits per heavy atom. The number of ether oxygens (including phenoxy) is 1. The van der Waals surface area contributed by atoms with E-state index in [1.165, 1.54) is 19.0 Å². The van der Waals surface area contributed by atoms with Gasteiger partial charge in [0.1, 0.15) is 6.07 Å². The van der Waals surface area contributed by atoms with Gasteiger partial charge in [-0.05, 0) is 18.4 Å². The van der Waals surface area contributed by atoms with E-state index in [9.17, 15) is 14.9 Å². The average molecular weight is 302 g/mol. The maximum Gasteiger partial charge on any atom is 0.411 e. The highest BCUT2D eigenvalue weighted by Crippen LogP contribution is 2.23. The van der Waals surface area contributed by atoms with Crippen molar-refractivity contribution in [3.05, 3.63) is 35.9 Å². The first kappa shape index (κ1) is 17.7. The van der Waals surface area contributed by atoms with Gasteiger partial charge in [0, 0.05) is 26.9 Å². The molecule has 0 unspecified atom stereocenters. The molecule has 1 atom stereocenters. The highest BCUT2D eigenvalue weighted by atomic mass is 16.6. The summed E-state index contributed by atoms with van der Waals surface area (Å²) in [6.45, 7) is 1.85. The van der Waals surface area contributed by atoms with Crippen molar-refractivity contribution < 1.29 is 14.3 Å². The van der Waals surface area contributed by atoms with Crippen molar-refractivity contribution in [3.8, 4) is 6.07 Å². The molecule has 0 fully saturated rings. The first-order valence-electron chi connectivity index (χ1n) is 7.34. The summed E-state index contributed by atoms with van der Waals surface area (Å²) < 4.78 is 5.26. The van der Waals surface area contributed by atoms with Crippen LogP contribution in [0.4, 0.5) is 4.79 Å². The summed E-state index contributed by atoms with van der Waals surface area (Å²) in [7, 11) is 3.04. The van der Waals surface area contributed by atoms with Crippen molar-refractivity contribution >= 4 is 11.9 Å². The van der Waals surface area contributed by atoms with Gasteiger partial charge in [-0.15, -0.1) is 0 Å². The van der Waals surface area contributed by atoms with Gasteiger partial charge in [0.2, 0.25) is 0 Å². The Morgan fingerprint density at radius 2 is 1.91 bits per heavy atom. The van der Waals surface area contributed by atoms with Crippen LogP contribution < -0.4 is 0 Å². The van der Waals surface area contributed by atoms with Crippen LogP contribution >= 0.6 is 0 Å². The molecule has 0 aliphatic carbocycles. The van der Waals surface area contributed by atoms with E-state index in [2.05, 4.69) is 0 Å². The number of amides is 1. The zero-order valence-corrected chi connectivity index (χ0v) is 13.3. The molecule has 5 heteroatoms. The number of rotatable bonds is 7. The van der Waals surface area contributed by atoms with Gasteiger partial charge >= 0.3 is 6.09 Å². The average Bonchev–Trinajstić information content (AvgIpc) is 2.52. The number of carbonyl (C=O) groups excluding carboxylic acids is 2. The molecule has 0 N–H and O–H groups in total. The first-order valence-corrected chi connectivity index (χ1v) is 7.34. The van der Waals surface area contributed by atoms with Crippen LogP contribution in [-0.4, -0.2) is 36.5 Å². The van der Waals surface area contributed by atoms with Gasteiger partial charge in [-0.3, -0.25) is 4.79 Å². The molecule has 1 aromatic rings. The van der Waals surface area contributed by atoms with Gasteiger partial charge in [-0.2, -0.15) is 5.26 Å². The van der Waals surface area contributed by atoms with Crippen molar-refractivity contribution in [3.63, 3.8) is 0 Å². The van der Waals surface area contributed by atoms with Gasteiger partial charge in [-0.1, -0.05) is 37.3 Å². The van der Waals surface area contributed by atoms with Crippen LogP contribution in [0.15, 0.2) is 30.3 Å². The quantitative estimate of drug-likeness (QED) is 0.776. The van der Waals surface area contributed by atoms with Crippen LogP contribution in [0.1, 0.15) is 31.7 Å². The molecule has 0 aliphatic rings. The molecule has 0 aromatic heterocycles. The van der Waals surface area contributed by atoms with E-state index in [-0.39, 0.29) is 18.6 Å². The lowest BCUT2D eigenvalue weighted by molar-refractivity contribution is -0.133. The molecule has 22 heavy (non-hydrogen) atoms. The van der Waals surface area contributed by atoms with E-state index in [4.69, 9.17) is 4.74 Å². The minimum Gasteiger partial charge on any atom is -0.420 e. The molecule has 1 aromatic carbocycles. The molecule has 0 bridgehead atoms. The second-order valence-corrected chi connectivity index (χ2v) is 5.36. The predicted molar refractivity (Wildman–Crippen MR) is 83.2 cm³/mol. The Hall–Kier alpha value is -2.35.